The van der Waals surface area contributed by atoms with Gasteiger partial charge in [0.15, 0.2) is 0 Å². The maximum absolute atomic E-state index is 12.2. The Hall–Kier alpha value is -4.62. The van der Waals surface area contributed by atoms with Gasteiger partial charge in [-0.25, -0.2) is 9.59 Å². The first-order chi connectivity index (χ1) is 19.5. The molecule has 3 rings (SSSR count). The largest absolute Gasteiger partial charge is 0.494 e. The van der Waals surface area contributed by atoms with Gasteiger partial charge in [-0.1, -0.05) is 49.6 Å². The number of carbonyl (C=O) groups excluding carboxylic acids is 2. The maximum Gasteiger partial charge on any atom is 0.336 e. The van der Waals surface area contributed by atoms with Gasteiger partial charge in [-0.3, -0.25) is 0 Å². The summed E-state index contributed by atoms with van der Waals surface area (Å²) in [6, 6.07) is 22.1. The van der Waals surface area contributed by atoms with Crippen LogP contribution in [0.3, 0.4) is 0 Å². The Bertz CT molecular complexity index is 1260. The fourth-order valence-electron chi connectivity index (χ4n) is 3.60. The summed E-state index contributed by atoms with van der Waals surface area (Å²) in [7, 11) is 0. The molecule has 0 fully saturated rings. The molecule has 7 heteroatoms. The number of ether oxygens (including phenoxy) is 4. The van der Waals surface area contributed by atoms with Crippen molar-refractivity contribution in [3.8, 4) is 28.4 Å². The van der Waals surface area contributed by atoms with Gasteiger partial charge in [0.25, 0.3) is 0 Å². The summed E-state index contributed by atoms with van der Waals surface area (Å²) in [5.74, 6) is 0.725. The van der Waals surface area contributed by atoms with Crippen LogP contribution >= 0.6 is 0 Å². The number of hydrogen-bond donors (Lipinski definition) is 1. The van der Waals surface area contributed by atoms with E-state index in [4.69, 9.17) is 18.9 Å². The molecule has 3 aromatic carbocycles. The summed E-state index contributed by atoms with van der Waals surface area (Å²) in [4.78, 5) is 23.2. The highest BCUT2D eigenvalue weighted by molar-refractivity contribution is 5.88. The zero-order chi connectivity index (χ0) is 28.6. The number of aliphatic hydroxyl groups excluding tert-OH is 1. The molecule has 0 amide bonds. The van der Waals surface area contributed by atoms with Gasteiger partial charge in [0.1, 0.15) is 17.2 Å². The second kappa shape index (κ2) is 16.4. The van der Waals surface area contributed by atoms with E-state index in [1.54, 1.807) is 30.3 Å². The van der Waals surface area contributed by atoms with E-state index < -0.39 is 12.3 Å². The molecule has 40 heavy (non-hydrogen) atoms. The van der Waals surface area contributed by atoms with Crippen LogP contribution in [0.25, 0.3) is 17.2 Å². The third-order valence-corrected chi connectivity index (χ3v) is 5.73. The standard InChI is InChI=1S/C33H34O7/c1-3-31(34)38-24-8-6-5-7-23-37-28-16-14-27(15-17-28)26-12-9-25(10-13-26)11-22-33(36)40-30-20-18-29(19-21-30)39-32(35)4-2/h3-4,9-22,32,35H,1-2,5-8,23-24H2/b22-11+. The van der Waals surface area contributed by atoms with Crippen LogP contribution in [0.5, 0.6) is 17.2 Å². The Morgan fingerprint density at radius 2 is 1.30 bits per heavy atom. The predicted octanol–water partition coefficient (Wildman–Crippen LogP) is 6.52. The summed E-state index contributed by atoms with van der Waals surface area (Å²) in [6.07, 6.45) is 8.14. The highest BCUT2D eigenvalue weighted by atomic mass is 16.6. The Morgan fingerprint density at radius 1 is 0.725 bits per heavy atom. The highest BCUT2D eigenvalue weighted by Gasteiger charge is 2.05. The minimum Gasteiger partial charge on any atom is -0.494 e. The molecule has 0 aromatic heterocycles. The number of hydrogen-bond acceptors (Lipinski definition) is 7. The molecule has 1 N–H and O–H groups in total. The second-order valence-electron chi connectivity index (χ2n) is 8.75. The lowest BCUT2D eigenvalue weighted by molar-refractivity contribution is -0.137. The van der Waals surface area contributed by atoms with Crippen molar-refractivity contribution in [3.05, 3.63) is 110 Å². The average Bonchev–Trinajstić information content (AvgIpc) is 2.98. The van der Waals surface area contributed by atoms with E-state index in [2.05, 4.69) is 13.2 Å². The lowest BCUT2D eigenvalue weighted by Gasteiger charge is -2.09. The number of benzene rings is 3. The van der Waals surface area contributed by atoms with Crippen LogP contribution in [0.2, 0.25) is 0 Å². The van der Waals surface area contributed by atoms with Gasteiger partial charge in [-0.15, -0.1) is 0 Å². The van der Waals surface area contributed by atoms with Crippen LogP contribution in [-0.2, 0) is 14.3 Å². The highest BCUT2D eigenvalue weighted by Crippen LogP contribution is 2.24. The van der Waals surface area contributed by atoms with Crippen LogP contribution in [-0.4, -0.2) is 36.5 Å². The molecule has 208 valence electrons. The minimum absolute atomic E-state index is 0.363. The molecule has 0 spiro atoms. The molecule has 0 aliphatic rings. The molecule has 0 aliphatic carbocycles. The van der Waals surface area contributed by atoms with Gasteiger partial charge in [0, 0.05) is 12.2 Å². The van der Waals surface area contributed by atoms with Gasteiger partial charge in [0.05, 0.1) is 13.2 Å². The smallest absolute Gasteiger partial charge is 0.336 e. The topological polar surface area (TPSA) is 91.3 Å². The van der Waals surface area contributed by atoms with E-state index in [-0.39, 0.29) is 5.97 Å². The van der Waals surface area contributed by atoms with E-state index in [0.717, 1.165) is 48.1 Å². The molecule has 0 saturated heterocycles. The van der Waals surface area contributed by atoms with Crippen molar-refractivity contribution in [1.29, 1.82) is 0 Å². The molecule has 0 aliphatic heterocycles. The Kier molecular flexibility index (Phi) is 12.2. The van der Waals surface area contributed by atoms with E-state index in [1.807, 2.05) is 48.5 Å². The molecular weight excluding hydrogens is 508 g/mol. The normalized spacial score (nSPS) is 11.4. The first kappa shape index (κ1) is 29.9. The average molecular weight is 543 g/mol. The zero-order valence-electron chi connectivity index (χ0n) is 22.4. The molecule has 1 atom stereocenters. The van der Waals surface area contributed by atoms with Crippen molar-refractivity contribution in [3.63, 3.8) is 0 Å². The van der Waals surface area contributed by atoms with Crippen LogP contribution < -0.4 is 14.2 Å². The lowest BCUT2D eigenvalue weighted by atomic mass is 10.0. The predicted molar refractivity (Wildman–Crippen MR) is 155 cm³/mol. The van der Waals surface area contributed by atoms with Gasteiger partial charge in [0.2, 0.25) is 6.29 Å². The summed E-state index contributed by atoms with van der Waals surface area (Å²) < 4.78 is 21.3. The summed E-state index contributed by atoms with van der Waals surface area (Å²) in [5.41, 5.74) is 2.97. The molecule has 0 radical (unpaired) electrons. The van der Waals surface area contributed by atoms with E-state index in [1.165, 1.54) is 18.2 Å². The molecule has 1 unspecified atom stereocenters. The van der Waals surface area contributed by atoms with Crippen LogP contribution in [0.4, 0.5) is 0 Å². The van der Waals surface area contributed by atoms with Crippen molar-refractivity contribution in [1.82, 2.24) is 0 Å². The summed E-state index contributed by atoms with van der Waals surface area (Å²) >= 11 is 0. The first-order valence-electron chi connectivity index (χ1n) is 13.1. The second-order valence-corrected chi connectivity index (χ2v) is 8.75. The van der Waals surface area contributed by atoms with Crippen molar-refractivity contribution < 1.29 is 33.6 Å². The van der Waals surface area contributed by atoms with Crippen LogP contribution in [0.15, 0.2) is 104 Å². The Balaban J connectivity index is 1.39. The molecular formula is C33H34O7. The zero-order valence-corrected chi connectivity index (χ0v) is 22.4. The van der Waals surface area contributed by atoms with Crippen LogP contribution in [0, 0.1) is 0 Å². The van der Waals surface area contributed by atoms with Crippen molar-refractivity contribution in [2.24, 2.45) is 0 Å². The number of esters is 2. The Morgan fingerprint density at radius 3 is 1.93 bits per heavy atom. The van der Waals surface area contributed by atoms with Gasteiger partial charge in [-0.05, 0) is 90.9 Å². The number of rotatable bonds is 16. The SMILES string of the molecule is C=CC(=O)OCCCCCCOc1ccc(-c2ccc(/C=C/C(=O)Oc3ccc(OC(O)C=C)cc3)cc2)cc1. The van der Waals surface area contributed by atoms with Crippen LogP contribution in [0.1, 0.15) is 31.2 Å². The van der Waals surface area contributed by atoms with Gasteiger partial charge < -0.3 is 24.1 Å². The molecule has 3 aromatic rings. The number of unbranched alkanes of at least 4 members (excludes halogenated alkanes) is 3. The Labute approximate surface area is 235 Å². The summed E-state index contributed by atoms with van der Waals surface area (Å²) in [6.45, 7) is 7.87. The van der Waals surface area contributed by atoms with Crippen molar-refractivity contribution in [2.75, 3.05) is 13.2 Å². The fourth-order valence-corrected chi connectivity index (χ4v) is 3.60. The van der Waals surface area contributed by atoms with Gasteiger partial charge in [-0.2, -0.15) is 0 Å². The minimum atomic E-state index is -1.10. The third-order valence-electron chi connectivity index (χ3n) is 5.73. The molecule has 0 saturated carbocycles. The number of aliphatic hydroxyl groups is 1. The van der Waals surface area contributed by atoms with E-state index in [0.29, 0.717) is 24.7 Å². The quantitative estimate of drug-likeness (QED) is 0.0550. The maximum atomic E-state index is 12.2. The van der Waals surface area contributed by atoms with Crippen molar-refractivity contribution >= 4 is 18.0 Å². The van der Waals surface area contributed by atoms with Gasteiger partial charge >= 0.3 is 11.9 Å². The summed E-state index contributed by atoms with van der Waals surface area (Å²) in [5, 5.41) is 9.42. The third kappa shape index (κ3) is 10.6. The van der Waals surface area contributed by atoms with Crippen molar-refractivity contribution in [2.45, 2.75) is 32.0 Å². The van der Waals surface area contributed by atoms with E-state index >= 15 is 0 Å². The molecule has 0 heterocycles. The molecule has 7 nitrogen and oxygen atoms in total. The monoisotopic (exact) mass is 542 g/mol. The number of carbonyl (C=O) groups is 2. The molecule has 0 bridgehead atoms. The first-order valence-corrected chi connectivity index (χ1v) is 13.1. The fraction of sp³-hybridized carbons (Fsp3) is 0.212. The van der Waals surface area contributed by atoms with E-state index in [9.17, 15) is 14.7 Å². The lowest BCUT2D eigenvalue weighted by Crippen LogP contribution is -2.11.